The maximum absolute atomic E-state index is 14.5. The van der Waals surface area contributed by atoms with Gasteiger partial charge in [0.15, 0.2) is 0 Å². The summed E-state index contributed by atoms with van der Waals surface area (Å²) < 4.78 is 38.1. The van der Waals surface area contributed by atoms with Gasteiger partial charge in [-0.15, -0.1) is 0 Å². The summed E-state index contributed by atoms with van der Waals surface area (Å²) in [6.45, 7) is 2.04. The summed E-state index contributed by atoms with van der Waals surface area (Å²) in [5, 5.41) is 0. The molecule has 1 heterocycles. The van der Waals surface area contributed by atoms with Gasteiger partial charge in [0.1, 0.15) is 0 Å². The van der Waals surface area contributed by atoms with Crippen molar-refractivity contribution < 1.29 is 8.50 Å². The Morgan fingerprint density at radius 1 is 1.23 bits per heavy atom. The van der Waals surface area contributed by atoms with E-state index in [0.29, 0.717) is 17.2 Å². The molecule has 0 aliphatic heterocycles. The average Bonchev–Trinajstić information content (AvgIpc) is 2.44. The van der Waals surface area contributed by atoms with Crippen molar-refractivity contribution in [1.82, 2.24) is 4.98 Å². The van der Waals surface area contributed by atoms with Crippen molar-refractivity contribution in [2.75, 3.05) is 0 Å². The van der Waals surface area contributed by atoms with Gasteiger partial charge in [0.05, 0.1) is 0 Å². The first-order chi connectivity index (χ1) is 11.4. The first-order valence-electron chi connectivity index (χ1n) is 9.19. The zero-order valence-corrected chi connectivity index (χ0v) is 16.1. The molecule has 0 fully saturated rings. The molecule has 2 aromatic rings. The monoisotopic (exact) mass is 364 g/mol. The molecule has 0 aliphatic rings. The van der Waals surface area contributed by atoms with Crippen LogP contribution in [0, 0.1) is 18.6 Å². The third kappa shape index (κ3) is 3.98. The second-order valence-electron chi connectivity index (χ2n) is 7.27. The molecular formula is C19H26FGeN. The molecular weight excluding hydrogens is 334 g/mol. The minimum atomic E-state index is -2.31. The van der Waals surface area contributed by atoms with Crippen molar-refractivity contribution in [3.8, 4) is 11.3 Å². The Labute approximate surface area is 140 Å². The van der Waals surface area contributed by atoms with E-state index >= 15 is 0 Å². The zero-order chi connectivity index (χ0) is 19.0. The summed E-state index contributed by atoms with van der Waals surface area (Å²) in [5.74, 6) is 6.94. The van der Waals surface area contributed by atoms with Crippen LogP contribution in [0.2, 0.25) is 17.3 Å². The van der Waals surface area contributed by atoms with Crippen LogP contribution >= 0.6 is 0 Å². The van der Waals surface area contributed by atoms with E-state index in [9.17, 15) is 4.39 Å². The number of halogens is 1. The van der Waals surface area contributed by atoms with Crippen LogP contribution in [0.15, 0.2) is 30.5 Å². The fraction of sp³-hybridized carbons (Fsp3) is 0.421. The summed E-state index contributed by atoms with van der Waals surface area (Å²) in [4.78, 5) is 4.50. The molecule has 1 nitrogen and oxygen atoms in total. The first-order valence-corrected chi connectivity index (χ1v) is 15.0. The van der Waals surface area contributed by atoms with Gasteiger partial charge in [-0.05, 0) is 0 Å². The summed E-state index contributed by atoms with van der Waals surface area (Å²) in [5.41, 5.74) is 2.18. The van der Waals surface area contributed by atoms with Crippen molar-refractivity contribution in [3.63, 3.8) is 0 Å². The average molecular weight is 363 g/mol. The second-order valence-corrected chi connectivity index (χ2v) is 17.8. The second kappa shape index (κ2) is 6.53. The van der Waals surface area contributed by atoms with Gasteiger partial charge in [-0.1, -0.05) is 0 Å². The summed E-state index contributed by atoms with van der Waals surface area (Å²) >= 11 is -2.07. The van der Waals surface area contributed by atoms with E-state index in [2.05, 4.69) is 36.1 Å². The summed E-state index contributed by atoms with van der Waals surface area (Å²) in [7, 11) is 0. The molecule has 0 unspecified atom stereocenters. The normalized spacial score (nSPS) is 14.6. The Kier molecular flexibility index (Phi) is 3.95. The Bertz CT molecular complexity index is 764. The zero-order valence-electron chi connectivity index (χ0n) is 17.0. The van der Waals surface area contributed by atoms with Gasteiger partial charge >= 0.3 is 140 Å². The number of pyridine rings is 1. The van der Waals surface area contributed by atoms with E-state index in [4.69, 9.17) is 4.11 Å². The number of hydrogen-bond acceptors (Lipinski definition) is 1. The van der Waals surface area contributed by atoms with Crippen molar-refractivity contribution in [3.05, 3.63) is 47.4 Å². The number of benzene rings is 1. The topological polar surface area (TPSA) is 12.9 Å². The standard InChI is InChI=1S/C19H26FGeN/c1-13(2)9-15-11-19(22-12-18(15)21(4,5)6)16-8-7-14(3)10-17(16)20/h7-8,10-13H,9H2,1-6H3/i3D3. The molecule has 22 heavy (non-hydrogen) atoms. The van der Waals surface area contributed by atoms with Gasteiger partial charge in [0, 0.05) is 0 Å². The van der Waals surface area contributed by atoms with Crippen molar-refractivity contribution in [1.29, 1.82) is 0 Å². The third-order valence-electron chi connectivity index (χ3n) is 3.67. The van der Waals surface area contributed by atoms with Crippen LogP contribution in [0.1, 0.15) is 29.1 Å². The van der Waals surface area contributed by atoms with Gasteiger partial charge in [0.2, 0.25) is 0 Å². The quantitative estimate of drug-likeness (QED) is 0.702. The number of rotatable bonds is 4. The van der Waals surface area contributed by atoms with E-state index in [1.165, 1.54) is 22.1 Å². The number of aromatic nitrogens is 1. The van der Waals surface area contributed by atoms with E-state index in [0.717, 1.165) is 12.5 Å². The predicted octanol–water partition coefficient (Wildman–Crippen LogP) is 4.94. The van der Waals surface area contributed by atoms with Crippen LogP contribution in [-0.2, 0) is 6.42 Å². The van der Waals surface area contributed by atoms with Crippen LogP contribution in [0.3, 0.4) is 0 Å². The molecule has 0 saturated carbocycles. The Morgan fingerprint density at radius 3 is 2.50 bits per heavy atom. The van der Waals surface area contributed by atoms with Crippen molar-refractivity contribution in [2.45, 2.75) is 44.4 Å². The van der Waals surface area contributed by atoms with Gasteiger partial charge in [-0.3, -0.25) is 0 Å². The van der Waals surface area contributed by atoms with Crippen LogP contribution in [0.4, 0.5) is 4.39 Å². The van der Waals surface area contributed by atoms with Crippen LogP contribution in [0.25, 0.3) is 11.3 Å². The van der Waals surface area contributed by atoms with E-state index < -0.39 is 25.9 Å². The maximum atomic E-state index is 14.5. The van der Waals surface area contributed by atoms with Crippen molar-refractivity contribution in [2.24, 2.45) is 5.92 Å². The molecule has 0 N–H and O–H groups in total. The molecule has 3 heteroatoms. The van der Waals surface area contributed by atoms with E-state index in [-0.39, 0.29) is 5.56 Å². The van der Waals surface area contributed by atoms with E-state index in [1.54, 1.807) is 0 Å². The van der Waals surface area contributed by atoms with Gasteiger partial charge in [-0.25, -0.2) is 0 Å². The van der Waals surface area contributed by atoms with Crippen LogP contribution in [-0.4, -0.2) is 18.3 Å². The molecule has 2 rings (SSSR count). The van der Waals surface area contributed by atoms with Crippen LogP contribution < -0.4 is 4.40 Å². The molecule has 0 saturated heterocycles. The molecule has 0 radical (unpaired) electrons. The molecule has 1 aromatic carbocycles. The fourth-order valence-corrected chi connectivity index (χ4v) is 5.99. The number of nitrogens with zero attached hydrogens (tertiary/aromatic N) is 1. The van der Waals surface area contributed by atoms with Crippen molar-refractivity contribution >= 4 is 17.7 Å². The Morgan fingerprint density at radius 2 is 1.95 bits per heavy atom. The van der Waals surface area contributed by atoms with Gasteiger partial charge in [-0.2, -0.15) is 0 Å². The summed E-state index contributed by atoms with van der Waals surface area (Å²) in [6, 6.07) is 6.07. The molecule has 0 atom stereocenters. The molecule has 118 valence electrons. The number of hydrogen-bond donors (Lipinski definition) is 0. The summed E-state index contributed by atoms with van der Waals surface area (Å²) in [6.07, 6.45) is 2.84. The van der Waals surface area contributed by atoms with Crippen LogP contribution in [0.5, 0.6) is 0 Å². The fourth-order valence-electron chi connectivity index (χ4n) is 2.65. The number of aryl methyl sites for hydroxylation is 1. The predicted molar refractivity (Wildman–Crippen MR) is 95.9 cm³/mol. The first kappa shape index (κ1) is 13.3. The van der Waals surface area contributed by atoms with E-state index in [1.807, 2.05) is 12.3 Å². The van der Waals surface area contributed by atoms with Gasteiger partial charge < -0.3 is 0 Å². The molecule has 1 aromatic heterocycles. The molecule has 0 aliphatic carbocycles. The van der Waals surface area contributed by atoms with Gasteiger partial charge in [0.25, 0.3) is 0 Å². The Hall–Kier alpha value is -1.16. The third-order valence-corrected chi connectivity index (χ3v) is 8.01. The SMILES string of the molecule is [2H]C([2H])([2H])c1ccc(-c2cc(CC(C)C)[c]([Ge]([CH3])([CH3])[CH3])cn2)c(F)c1. The Balaban J connectivity index is 2.53. The molecule has 0 spiro atoms. The molecule has 0 amide bonds. The molecule has 0 bridgehead atoms. The minimum absolute atomic E-state index is 0.0115.